The first-order valence-electron chi connectivity index (χ1n) is 7.66. The van der Waals surface area contributed by atoms with Gasteiger partial charge in [0.2, 0.25) is 5.91 Å². The Kier molecular flexibility index (Phi) is 4.35. The van der Waals surface area contributed by atoms with E-state index in [1.807, 2.05) is 38.1 Å². The largest absolute Gasteiger partial charge is 0.340 e. The molecule has 1 aliphatic heterocycles. The van der Waals surface area contributed by atoms with Crippen LogP contribution in [0, 0.1) is 0 Å². The number of piperazine rings is 1. The molecule has 1 fully saturated rings. The van der Waals surface area contributed by atoms with Crippen molar-refractivity contribution in [3.8, 4) is 0 Å². The molecule has 1 aromatic rings. The molecule has 1 saturated heterocycles. The summed E-state index contributed by atoms with van der Waals surface area (Å²) in [4.78, 5) is 26.4. The Labute approximate surface area is 126 Å². The molecule has 0 spiro atoms. The van der Waals surface area contributed by atoms with Crippen molar-refractivity contribution in [3.05, 3.63) is 29.8 Å². The zero-order valence-corrected chi connectivity index (χ0v) is 13.3. The number of nitrogens with one attached hydrogen (secondary N) is 1. The summed E-state index contributed by atoms with van der Waals surface area (Å²) < 4.78 is 0. The van der Waals surface area contributed by atoms with Crippen LogP contribution in [0.1, 0.15) is 52.0 Å². The summed E-state index contributed by atoms with van der Waals surface area (Å²) in [6.07, 6.45) is 1.21. The Balaban J connectivity index is 2.33. The SMILES string of the molecule is CCC1(CC)NC(=O)CN(c2ccc(C(C)C)cc2)C1=O. The fraction of sp³-hybridized carbons (Fsp3) is 0.529. The lowest BCUT2D eigenvalue weighted by Gasteiger charge is -2.41. The van der Waals surface area contributed by atoms with Crippen molar-refractivity contribution in [3.63, 3.8) is 0 Å². The minimum Gasteiger partial charge on any atom is -0.340 e. The molecule has 114 valence electrons. The van der Waals surface area contributed by atoms with E-state index >= 15 is 0 Å². The first-order valence-corrected chi connectivity index (χ1v) is 7.66. The lowest BCUT2D eigenvalue weighted by molar-refractivity contribution is -0.136. The third kappa shape index (κ3) is 2.80. The molecule has 2 amide bonds. The van der Waals surface area contributed by atoms with Crippen molar-refractivity contribution in [2.24, 2.45) is 0 Å². The second-order valence-electron chi connectivity index (χ2n) is 5.97. The van der Waals surface area contributed by atoms with Gasteiger partial charge in [-0.2, -0.15) is 0 Å². The molecule has 0 aliphatic carbocycles. The van der Waals surface area contributed by atoms with E-state index in [2.05, 4.69) is 19.2 Å². The monoisotopic (exact) mass is 288 g/mol. The van der Waals surface area contributed by atoms with Crippen LogP contribution in [0.5, 0.6) is 0 Å². The number of nitrogens with zero attached hydrogens (tertiary/aromatic N) is 1. The van der Waals surface area contributed by atoms with Gasteiger partial charge in [0.25, 0.3) is 5.91 Å². The van der Waals surface area contributed by atoms with E-state index in [4.69, 9.17) is 0 Å². The molecule has 0 aromatic heterocycles. The van der Waals surface area contributed by atoms with Gasteiger partial charge in [-0.25, -0.2) is 0 Å². The highest BCUT2D eigenvalue weighted by Gasteiger charge is 2.44. The predicted octanol–water partition coefficient (Wildman–Crippen LogP) is 2.83. The third-order valence-corrected chi connectivity index (χ3v) is 4.41. The Morgan fingerprint density at radius 3 is 2.19 bits per heavy atom. The average molecular weight is 288 g/mol. The molecule has 0 bridgehead atoms. The fourth-order valence-electron chi connectivity index (χ4n) is 2.81. The zero-order chi connectivity index (χ0) is 15.6. The first kappa shape index (κ1) is 15.5. The summed E-state index contributed by atoms with van der Waals surface area (Å²) in [6.45, 7) is 8.24. The fourth-order valence-corrected chi connectivity index (χ4v) is 2.81. The predicted molar refractivity (Wildman–Crippen MR) is 84.3 cm³/mol. The lowest BCUT2D eigenvalue weighted by atomic mass is 9.88. The molecular formula is C17H24N2O2. The summed E-state index contributed by atoms with van der Waals surface area (Å²) in [7, 11) is 0. The number of rotatable bonds is 4. The van der Waals surface area contributed by atoms with Gasteiger partial charge in [-0.1, -0.05) is 39.8 Å². The van der Waals surface area contributed by atoms with E-state index in [1.54, 1.807) is 4.90 Å². The number of carbonyl (C=O) groups is 2. The maximum Gasteiger partial charge on any atom is 0.253 e. The molecule has 0 unspecified atom stereocenters. The normalized spacial score (nSPS) is 18.0. The van der Waals surface area contributed by atoms with Gasteiger partial charge in [-0.15, -0.1) is 0 Å². The van der Waals surface area contributed by atoms with Crippen LogP contribution in [0.15, 0.2) is 24.3 Å². The first-order chi connectivity index (χ1) is 9.93. The molecule has 1 heterocycles. The topological polar surface area (TPSA) is 49.4 Å². The highest BCUT2D eigenvalue weighted by atomic mass is 16.2. The van der Waals surface area contributed by atoms with Crippen molar-refractivity contribution in [2.75, 3.05) is 11.4 Å². The number of hydrogen-bond acceptors (Lipinski definition) is 2. The van der Waals surface area contributed by atoms with E-state index in [-0.39, 0.29) is 18.4 Å². The molecule has 4 nitrogen and oxygen atoms in total. The number of carbonyl (C=O) groups excluding carboxylic acids is 2. The van der Waals surface area contributed by atoms with Crippen LogP contribution in [0.3, 0.4) is 0 Å². The van der Waals surface area contributed by atoms with Gasteiger partial charge in [0.15, 0.2) is 0 Å². The quantitative estimate of drug-likeness (QED) is 0.926. The van der Waals surface area contributed by atoms with Crippen molar-refractivity contribution in [2.45, 2.75) is 52.0 Å². The smallest absolute Gasteiger partial charge is 0.253 e. The Bertz CT molecular complexity index is 530. The van der Waals surface area contributed by atoms with Gasteiger partial charge < -0.3 is 10.2 Å². The molecular weight excluding hydrogens is 264 g/mol. The highest BCUT2D eigenvalue weighted by Crippen LogP contribution is 2.27. The molecule has 2 rings (SSSR count). The molecule has 1 N–H and O–H groups in total. The molecule has 0 saturated carbocycles. The zero-order valence-electron chi connectivity index (χ0n) is 13.3. The summed E-state index contributed by atoms with van der Waals surface area (Å²) in [5, 5.41) is 2.88. The van der Waals surface area contributed by atoms with Crippen molar-refractivity contribution in [1.29, 1.82) is 0 Å². The Hall–Kier alpha value is -1.84. The van der Waals surface area contributed by atoms with Gasteiger partial charge >= 0.3 is 0 Å². The van der Waals surface area contributed by atoms with Gasteiger partial charge in [-0.05, 0) is 36.5 Å². The summed E-state index contributed by atoms with van der Waals surface area (Å²) in [5.74, 6) is 0.348. The number of benzene rings is 1. The molecule has 4 heteroatoms. The minimum absolute atomic E-state index is 0.00982. The second-order valence-corrected chi connectivity index (χ2v) is 5.97. The van der Waals surface area contributed by atoms with E-state index < -0.39 is 5.54 Å². The van der Waals surface area contributed by atoms with Crippen LogP contribution < -0.4 is 10.2 Å². The maximum absolute atomic E-state index is 12.8. The molecule has 0 radical (unpaired) electrons. The van der Waals surface area contributed by atoms with Gasteiger partial charge in [0.05, 0.1) is 0 Å². The van der Waals surface area contributed by atoms with Crippen LogP contribution >= 0.6 is 0 Å². The molecule has 1 aromatic carbocycles. The number of anilines is 1. The minimum atomic E-state index is -0.758. The number of amides is 2. The van der Waals surface area contributed by atoms with Crippen molar-refractivity contribution >= 4 is 17.5 Å². The van der Waals surface area contributed by atoms with Gasteiger partial charge in [0.1, 0.15) is 12.1 Å². The molecule has 21 heavy (non-hydrogen) atoms. The highest BCUT2D eigenvalue weighted by molar-refractivity contribution is 6.09. The maximum atomic E-state index is 12.8. The summed E-state index contributed by atoms with van der Waals surface area (Å²) >= 11 is 0. The molecule has 1 aliphatic rings. The van der Waals surface area contributed by atoms with Crippen LogP contribution in [0.2, 0.25) is 0 Å². The number of hydrogen-bond donors (Lipinski definition) is 1. The van der Waals surface area contributed by atoms with Gasteiger partial charge in [-0.3, -0.25) is 9.59 Å². The van der Waals surface area contributed by atoms with E-state index in [0.29, 0.717) is 18.8 Å². The van der Waals surface area contributed by atoms with Crippen molar-refractivity contribution in [1.82, 2.24) is 5.32 Å². The van der Waals surface area contributed by atoms with E-state index in [9.17, 15) is 9.59 Å². The second kappa shape index (κ2) is 5.88. The van der Waals surface area contributed by atoms with Gasteiger partial charge in [0, 0.05) is 5.69 Å². The van der Waals surface area contributed by atoms with Crippen LogP contribution in [0.4, 0.5) is 5.69 Å². The van der Waals surface area contributed by atoms with Crippen LogP contribution in [-0.2, 0) is 9.59 Å². The van der Waals surface area contributed by atoms with Crippen LogP contribution in [-0.4, -0.2) is 23.9 Å². The average Bonchev–Trinajstić information content (AvgIpc) is 2.49. The van der Waals surface area contributed by atoms with E-state index in [1.165, 1.54) is 5.56 Å². The summed E-state index contributed by atoms with van der Waals surface area (Å²) in [6, 6.07) is 7.92. The Morgan fingerprint density at radius 2 is 1.71 bits per heavy atom. The lowest BCUT2D eigenvalue weighted by Crippen LogP contribution is -2.66. The summed E-state index contributed by atoms with van der Waals surface area (Å²) in [5.41, 5.74) is 1.27. The van der Waals surface area contributed by atoms with Crippen molar-refractivity contribution < 1.29 is 9.59 Å². The Morgan fingerprint density at radius 1 is 1.14 bits per heavy atom. The third-order valence-electron chi connectivity index (χ3n) is 4.41. The molecule has 0 atom stereocenters. The van der Waals surface area contributed by atoms with E-state index in [0.717, 1.165) is 5.69 Å². The standard InChI is InChI=1S/C17H24N2O2/c1-5-17(6-2)16(21)19(11-15(20)18-17)14-9-7-13(8-10-14)12(3)4/h7-10,12H,5-6,11H2,1-4H3,(H,18,20). The van der Waals surface area contributed by atoms with Crippen LogP contribution in [0.25, 0.3) is 0 Å².